The van der Waals surface area contributed by atoms with E-state index in [9.17, 15) is 13.5 Å². The van der Waals surface area contributed by atoms with Gasteiger partial charge in [-0.05, 0) is 37.6 Å². The number of thioether (sulfide) groups is 1. The molecule has 0 aliphatic heterocycles. The van der Waals surface area contributed by atoms with Crippen LogP contribution in [0.3, 0.4) is 0 Å². The second kappa shape index (κ2) is 7.31. The maximum Gasteiger partial charge on any atom is 0.212 e. The molecule has 0 aliphatic rings. The van der Waals surface area contributed by atoms with Crippen LogP contribution in [-0.2, 0) is 10.0 Å². The second-order valence-electron chi connectivity index (χ2n) is 4.91. The fourth-order valence-electron chi connectivity index (χ4n) is 1.48. The monoisotopic (exact) mass is 318 g/mol. The van der Waals surface area contributed by atoms with Crippen molar-refractivity contribution in [2.45, 2.75) is 30.7 Å². The fourth-order valence-corrected chi connectivity index (χ4v) is 4.31. The van der Waals surface area contributed by atoms with Gasteiger partial charge in [-0.3, -0.25) is 0 Å². The molecule has 5 nitrogen and oxygen atoms in total. The van der Waals surface area contributed by atoms with E-state index in [2.05, 4.69) is 4.72 Å². The third-order valence-corrected chi connectivity index (χ3v) is 5.85. The zero-order chi connectivity index (χ0) is 15.2. The first-order valence-electron chi connectivity index (χ1n) is 6.41. The van der Waals surface area contributed by atoms with Crippen molar-refractivity contribution in [3.05, 3.63) is 24.3 Å². The molecule has 7 heteroatoms. The SMILES string of the molecule is CCC(C)(CO)NS(=O)(=O)CCSc1ccc(N)cc1. The van der Waals surface area contributed by atoms with Crippen molar-refractivity contribution < 1.29 is 13.5 Å². The van der Waals surface area contributed by atoms with Gasteiger partial charge in [-0.15, -0.1) is 11.8 Å². The van der Waals surface area contributed by atoms with Crippen LogP contribution in [0.2, 0.25) is 0 Å². The fraction of sp³-hybridized carbons (Fsp3) is 0.538. The number of hydrogen-bond acceptors (Lipinski definition) is 5. The molecule has 0 bridgehead atoms. The summed E-state index contributed by atoms with van der Waals surface area (Å²) in [6.45, 7) is 3.31. The average molecular weight is 318 g/mol. The van der Waals surface area contributed by atoms with Crippen molar-refractivity contribution in [1.82, 2.24) is 4.72 Å². The molecule has 0 aromatic heterocycles. The maximum absolute atomic E-state index is 12.0. The van der Waals surface area contributed by atoms with Gasteiger partial charge in [-0.25, -0.2) is 13.1 Å². The molecule has 0 amide bonds. The molecule has 1 atom stereocenters. The third kappa shape index (κ3) is 5.70. The Balaban J connectivity index is 2.49. The number of aliphatic hydroxyl groups is 1. The normalized spacial score (nSPS) is 14.9. The Labute approximate surface area is 125 Å². The molecule has 0 aliphatic carbocycles. The van der Waals surface area contributed by atoms with Crippen LogP contribution >= 0.6 is 11.8 Å². The molecule has 0 saturated carbocycles. The van der Waals surface area contributed by atoms with Crippen LogP contribution in [0.5, 0.6) is 0 Å². The lowest BCUT2D eigenvalue weighted by Crippen LogP contribution is -2.49. The Morgan fingerprint density at radius 2 is 1.95 bits per heavy atom. The van der Waals surface area contributed by atoms with Crippen LogP contribution in [-0.4, -0.2) is 37.2 Å². The minimum Gasteiger partial charge on any atom is -0.399 e. The first kappa shape index (κ1) is 17.3. The van der Waals surface area contributed by atoms with Gasteiger partial charge in [-0.2, -0.15) is 0 Å². The highest BCUT2D eigenvalue weighted by molar-refractivity contribution is 8.00. The summed E-state index contributed by atoms with van der Waals surface area (Å²) in [5.74, 6) is 0.460. The van der Waals surface area contributed by atoms with E-state index in [1.807, 2.05) is 19.1 Å². The highest BCUT2D eigenvalue weighted by atomic mass is 32.2. The second-order valence-corrected chi connectivity index (χ2v) is 7.92. The van der Waals surface area contributed by atoms with Crippen LogP contribution in [0.25, 0.3) is 0 Å². The van der Waals surface area contributed by atoms with E-state index in [4.69, 9.17) is 5.73 Å². The molecule has 1 rings (SSSR count). The number of nitrogens with one attached hydrogen (secondary N) is 1. The van der Waals surface area contributed by atoms with Crippen molar-refractivity contribution in [1.29, 1.82) is 0 Å². The van der Waals surface area contributed by atoms with Crippen LogP contribution in [0.15, 0.2) is 29.2 Å². The summed E-state index contributed by atoms with van der Waals surface area (Å²) < 4.78 is 26.5. The first-order chi connectivity index (χ1) is 9.30. The summed E-state index contributed by atoms with van der Waals surface area (Å²) in [7, 11) is -3.40. The minimum atomic E-state index is -3.40. The van der Waals surface area contributed by atoms with Crippen molar-refractivity contribution in [2.75, 3.05) is 23.8 Å². The molecule has 114 valence electrons. The van der Waals surface area contributed by atoms with Crippen molar-refractivity contribution in [2.24, 2.45) is 0 Å². The zero-order valence-electron chi connectivity index (χ0n) is 11.8. The Morgan fingerprint density at radius 1 is 1.35 bits per heavy atom. The van der Waals surface area contributed by atoms with E-state index in [0.29, 0.717) is 17.9 Å². The number of sulfonamides is 1. The zero-order valence-corrected chi connectivity index (χ0v) is 13.4. The summed E-state index contributed by atoms with van der Waals surface area (Å²) in [5.41, 5.74) is 5.48. The van der Waals surface area contributed by atoms with E-state index >= 15 is 0 Å². The van der Waals surface area contributed by atoms with Crippen LogP contribution < -0.4 is 10.5 Å². The van der Waals surface area contributed by atoms with Gasteiger partial charge in [0.25, 0.3) is 0 Å². The average Bonchev–Trinajstić information content (AvgIpc) is 2.40. The molecule has 1 unspecified atom stereocenters. The van der Waals surface area contributed by atoms with Crippen LogP contribution in [0, 0.1) is 0 Å². The number of anilines is 1. The molecule has 0 radical (unpaired) electrons. The molecule has 0 spiro atoms. The van der Waals surface area contributed by atoms with Gasteiger partial charge in [-0.1, -0.05) is 6.92 Å². The van der Waals surface area contributed by atoms with Crippen molar-refractivity contribution >= 4 is 27.5 Å². The molecule has 0 saturated heterocycles. The Hall–Kier alpha value is -0.760. The Morgan fingerprint density at radius 3 is 2.45 bits per heavy atom. The van der Waals surface area contributed by atoms with Gasteiger partial charge in [0.15, 0.2) is 0 Å². The van der Waals surface area contributed by atoms with E-state index in [1.54, 1.807) is 19.1 Å². The molecule has 0 heterocycles. The van der Waals surface area contributed by atoms with E-state index < -0.39 is 15.6 Å². The van der Waals surface area contributed by atoms with E-state index in [-0.39, 0.29) is 12.4 Å². The molecular formula is C13H22N2O3S2. The van der Waals surface area contributed by atoms with E-state index in [0.717, 1.165) is 4.90 Å². The highest BCUT2D eigenvalue weighted by Gasteiger charge is 2.26. The molecule has 20 heavy (non-hydrogen) atoms. The van der Waals surface area contributed by atoms with Crippen LogP contribution in [0.4, 0.5) is 5.69 Å². The molecular weight excluding hydrogens is 296 g/mol. The van der Waals surface area contributed by atoms with Gasteiger partial charge in [0, 0.05) is 16.3 Å². The van der Waals surface area contributed by atoms with Gasteiger partial charge < -0.3 is 10.8 Å². The summed E-state index contributed by atoms with van der Waals surface area (Å²) in [5, 5.41) is 9.23. The number of benzene rings is 1. The third-order valence-electron chi connectivity index (χ3n) is 3.03. The van der Waals surface area contributed by atoms with Gasteiger partial charge in [0.05, 0.1) is 17.9 Å². The number of rotatable bonds is 8. The lowest BCUT2D eigenvalue weighted by atomic mass is 10.0. The molecule has 1 aromatic carbocycles. The first-order valence-corrected chi connectivity index (χ1v) is 9.05. The minimum absolute atomic E-state index is 0.0115. The highest BCUT2D eigenvalue weighted by Crippen LogP contribution is 2.19. The largest absolute Gasteiger partial charge is 0.399 e. The lowest BCUT2D eigenvalue weighted by Gasteiger charge is -2.26. The summed E-state index contributed by atoms with van der Waals surface area (Å²) >= 11 is 1.46. The Kier molecular flexibility index (Phi) is 6.32. The number of nitrogens with two attached hydrogens (primary N) is 1. The standard InChI is InChI=1S/C13H22N2O3S2/c1-3-13(2,10-16)15-20(17,18)9-8-19-12-6-4-11(14)5-7-12/h4-7,15-16H,3,8-10,14H2,1-2H3. The molecule has 4 N–H and O–H groups in total. The summed E-state index contributed by atoms with van der Waals surface area (Å²) in [6.07, 6.45) is 0.536. The predicted octanol–water partition coefficient (Wildman–Crippen LogP) is 1.44. The summed E-state index contributed by atoms with van der Waals surface area (Å²) in [6, 6.07) is 7.30. The van der Waals surface area contributed by atoms with Gasteiger partial charge >= 0.3 is 0 Å². The van der Waals surface area contributed by atoms with Crippen molar-refractivity contribution in [3.8, 4) is 0 Å². The Bertz CT molecular complexity index is 511. The maximum atomic E-state index is 12.0. The lowest BCUT2D eigenvalue weighted by molar-refractivity contribution is 0.191. The van der Waals surface area contributed by atoms with Gasteiger partial charge in [0.2, 0.25) is 10.0 Å². The number of aliphatic hydroxyl groups excluding tert-OH is 1. The predicted molar refractivity (Wildman–Crippen MR) is 84.3 cm³/mol. The quantitative estimate of drug-likeness (QED) is 0.498. The summed E-state index contributed by atoms with van der Waals surface area (Å²) in [4.78, 5) is 0.981. The smallest absolute Gasteiger partial charge is 0.212 e. The van der Waals surface area contributed by atoms with Crippen molar-refractivity contribution in [3.63, 3.8) is 0 Å². The number of hydrogen-bond donors (Lipinski definition) is 3. The molecule has 1 aromatic rings. The van der Waals surface area contributed by atoms with Gasteiger partial charge in [0.1, 0.15) is 0 Å². The molecule has 0 fully saturated rings. The number of nitrogen functional groups attached to an aromatic ring is 1. The topological polar surface area (TPSA) is 92.4 Å². The van der Waals surface area contributed by atoms with E-state index in [1.165, 1.54) is 11.8 Å². The van der Waals surface area contributed by atoms with Crippen LogP contribution in [0.1, 0.15) is 20.3 Å².